The molecule has 0 saturated carbocycles. The van der Waals surface area contributed by atoms with Crippen molar-refractivity contribution in [1.29, 1.82) is 0 Å². The number of nitrogens with zero attached hydrogens (tertiary/aromatic N) is 1. The standard InChI is InChI=1S/C18H24N4O5S/c1-3-12(2)21-28(26,27)14-6-4-13(5-7-14)15(23)22-10-8-18(9-11-22)16(24)19-17(25)20-18/h4-7,12,21H,3,8-11H2,1-2H3,(H2,19,20,24,25)/t12-/m0/s1. The summed E-state index contributed by atoms with van der Waals surface area (Å²) in [7, 11) is -3.63. The largest absolute Gasteiger partial charge is 0.338 e. The first-order valence-corrected chi connectivity index (χ1v) is 10.7. The number of benzene rings is 1. The van der Waals surface area contributed by atoms with Crippen molar-refractivity contribution in [3.8, 4) is 0 Å². The molecule has 2 aliphatic heterocycles. The number of rotatable bonds is 5. The van der Waals surface area contributed by atoms with E-state index >= 15 is 0 Å². The molecule has 2 aliphatic rings. The normalized spacial score (nSPS) is 20.0. The van der Waals surface area contributed by atoms with Gasteiger partial charge < -0.3 is 10.2 Å². The van der Waals surface area contributed by atoms with Crippen LogP contribution in [0.3, 0.4) is 0 Å². The number of urea groups is 1. The zero-order valence-corrected chi connectivity index (χ0v) is 16.6. The Labute approximate surface area is 163 Å². The second-order valence-electron chi connectivity index (χ2n) is 7.24. The van der Waals surface area contributed by atoms with Crippen LogP contribution in [0.25, 0.3) is 0 Å². The molecule has 1 aromatic carbocycles. The van der Waals surface area contributed by atoms with Gasteiger partial charge in [0.05, 0.1) is 4.90 Å². The second-order valence-corrected chi connectivity index (χ2v) is 8.95. The number of hydrogen-bond acceptors (Lipinski definition) is 5. The molecule has 1 atom stereocenters. The van der Waals surface area contributed by atoms with Gasteiger partial charge in [-0.15, -0.1) is 0 Å². The highest BCUT2D eigenvalue weighted by Crippen LogP contribution is 2.26. The fourth-order valence-electron chi connectivity index (χ4n) is 3.35. The lowest BCUT2D eigenvalue weighted by Gasteiger charge is -2.37. The minimum Gasteiger partial charge on any atom is -0.338 e. The monoisotopic (exact) mass is 408 g/mol. The van der Waals surface area contributed by atoms with Crippen LogP contribution in [0.15, 0.2) is 29.2 Å². The molecule has 10 heteroatoms. The molecule has 0 aliphatic carbocycles. The smallest absolute Gasteiger partial charge is 0.322 e. The Morgan fingerprint density at radius 3 is 2.32 bits per heavy atom. The molecule has 1 spiro atoms. The first-order valence-electron chi connectivity index (χ1n) is 9.22. The summed E-state index contributed by atoms with van der Waals surface area (Å²) in [5, 5.41) is 4.89. The van der Waals surface area contributed by atoms with Gasteiger partial charge in [0.25, 0.3) is 11.8 Å². The molecule has 4 amide bonds. The molecule has 28 heavy (non-hydrogen) atoms. The van der Waals surface area contributed by atoms with Crippen molar-refractivity contribution >= 4 is 27.9 Å². The Kier molecular flexibility index (Phi) is 5.44. The third-order valence-corrected chi connectivity index (χ3v) is 6.90. The summed E-state index contributed by atoms with van der Waals surface area (Å²) in [6, 6.07) is 5.11. The predicted octanol–water partition coefficient (Wildman–Crippen LogP) is 0.578. The fourth-order valence-corrected chi connectivity index (χ4v) is 4.67. The molecule has 152 valence electrons. The molecule has 3 rings (SSSR count). The number of carbonyl (C=O) groups is 3. The van der Waals surface area contributed by atoms with E-state index < -0.39 is 21.6 Å². The molecule has 0 radical (unpaired) electrons. The number of amides is 4. The van der Waals surface area contributed by atoms with Gasteiger partial charge in [0.1, 0.15) is 5.54 Å². The third kappa shape index (κ3) is 3.88. The van der Waals surface area contributed by atoms with E-state index in [1.807, 2.05) is 6.92 Å². The van der Waals surface area contributed by atoms with Crippen molar-refractivity contribution < 1.29 is 22.8 Å². The molecule has 0 bridgehead atoms. The van der Waals surface area contributed by atoms with Gasteiger partial charge in [-0.05, 0) is 50.5 Å². The van der Waals surface area contributed by atoms with Gasteiger partial charge in [0.15, 0.2) is 0 Å². The van der Waals surface area contributed by atoms with Crippen molar-refractivity contribution in [2.45, 2.75) is 49.6 Å². The number of likely N-dealkylation sites (tertiary alicyclic amines) is 1. The molecule has 2 fully saturated rings. The molecular formula is C18H24N4O5S. The highest BCUT2D eigenvalue weighted by atomic mass is 32.2. The Morgan fingerprint density at radius 1 is 1.21 bits per heavy atom. The minimum absolute atomic E-state index is 0.104. The molecule has 0 unspecified atom stereocenters. The Balaban J connectivity index is 1.66. The second kappa shape index (κ2) is 7.51. The van der Waals surface area contributed by atoms with Crippen LogP contribution >= 0.6 is 0 Å². The van der Waals surface area contributed by atoms with Gasteiger partial charge in [-0.1, -0.05) is 6.92 Å². The highest BCUT2D eigenvalue weighted by molar-refractivity contribution is 7.89. The molecule has 9 nitrogen and oxygen atoms in total. The van der Waals surface area contributed by atoms with Crippen molar-refractivity contribution in [1.82, 2.24) is 20.3 Å². The minimum atomic E-state index is -3.63. The van der Waals surface area contributed by atoms with Crippen LogP contribution < -0.4 is 15.4 Å². The maximum Gasteiger partial charge on any atom is 0.322 e. The van der Waals surface area contributed by atoms with Crippen LogP contribution in [0.4, 0.5) is 4.79 Å². The van der Waals surface area contributed by atoms with E-state index in [9.17, 15) is 22.8 Å². The molecule has 2 heterocycles. The van der Waals surface area contributed by atoms with Gasteiger partial charge in [-0.3, -0.25) is 14.9 Å². The van der Waals surface area contributed by atoms with E-state index in [1.54, 1.807) is 11.8 Å². The van der Waals surface area contributed by atoms with Crippen molar-refractivity contribution in [2.24, 2.45) is 0 Å². The molecule has 3 N–H and O–H groups in total. The lowest BCUT2D eigenvalue weighted by atomic mass is 9.87. The molecule has 2 saturated heterocycles. The highest BCUT2D eigenvalue weighted by Gasteiger charge is 2.48. The summed E-state index contributed by atoms with van der Waals surface area (Å²) < 4.78 is 27.2. The summed E-state index contributed by atoms with van der Waals surface area (Å²) >= 11 is 0. The maximum absolute atomic E-state index is 12.7. The van der Waals surface area contributed by atoms with Crippen molar-refractivity contribution in [3.63, 3.8) is 0 Å². The summed E-state index contributed by atoms with van der Waals surface area (Å²) in [5.41, 5.74) is -0.564. The van der Waals surface area contributed by atoms with Gasteiger partial charge in [0, 0.05) is 24.7 Å². The van der Waals surface area contributed by atoms with Crippen LogP contribution in [-0.4, -0.2) is 55.8 Å². The van der Waals surface area contributed by atoms with Crippen LogP contribution in [0.1, 0.15) is 43.5 Å². The number of piperidine rings is 1. The summed E-state index contributed by atoms with van der Waals surface area (Å²) in [4.78, 5) is 37.8. The lowest BCUT2D eigenvalue weighted by molar-refractivity contribution is -0.125. The van der Waals surface area contributed by atoms with E-state index in [4.69, 9.17) is 0 Å². The van der Waals surface area contributed by atoms with Crippen LogP contribution in [0.5, 0.6) is 0 Å². The Morgan fingerprint density at radius 2 is 1.82 bits per heavy atom. The number of imide groups is 1. The van der Waals surface area contributed by atoms with E-state index in [-0.39, 0.29) is 22.8 Å². The topological polar surface area (TPSA) is 125 Å². The van der Waals surface area contributed by atoms with Gasteiger partial charge in [-0.25, -0.2) is 17.9 Å². The van der Waals surface area contributed by atoms with E-state index in [1.165, 1.54) is 24.3 Å². The summed E-state index contributed by atoms with van der Waals surface area (Å²) in [5.74, 6) is -0.591. The number of nitrogens with one attached hydrogen (secondary N) is 3. The van der Waals surface area contributed by atoms with Crippen molar-refractivity contribution in [2.75, 3.05) is 13.1 Å². The quantitative estimate of drug-likeness (QED) is 0.615. The zero-order valence-electron chi connectivity index (χ0n) is 15.8. The summed E-state index contributed by atoms with van der Waals surface area (Å²) in [6.07, 6.45) is 1.34. The molecule has 1 aromatic rings. The average molecular weight is 408 g/mol. The predicted molar refractivity (Wildman–Crippen MR) is 101 cm³/mol. The van der Waals surface area contributed by atoms with E-state index in [0.717, 1.165) is 0 Å². The Bertz CT molecular complexity index is 889. The first kappa shape index (κ1) is 20.3. The average Bonchev–Trinajstić information content (AvgIpc) is 2.94. The van der Waals surface area contributed by atoms with Crippen LogP contribution in [-0.2, 0) is 14.8 Å². The fraction of sp³-hybridized carbons (Fsp3) is 0.500. The zero-order chi connectivity index (χ0) is 20.5. The third-order valence-electron chi connectivity index (χ3n) is 5.30. The van der Waals surface area contributed by atoms with Gasteiger partial charge in [-0.2, -0.15) is 0 Å². The lowest BCUT2D eigenvalue weighted by Crippen LogP contribution is -2.55. The van der Waals surface area contributed by atoms with Gasteiger partial charge >= 0.3 is 6.03 Å². The maximum atomic E-state index is 12.7. The number of hydrogen-bond donors (Lipinski definition) is 3. The summed E-state index contributed by atoms with van der Waals surface area (Å²) in [6.45, 7) is 4.31. The molecule has 0 aromatic heterocycles. The Hall–Kier alpha value is -2.46. The number of carbonyl (C=O) groups excluding carboxylic acids is 3. The first-order chi connectivity index (χ1) is 13.2. The molecular weight excluding hydrogens is 384 g/mol. The number of sulfonamides is 1. The van der Waals surface area contributed by atoms with Crippen molar-refractivity contribution in [3.05, 3.63) is 29.8 Å². The van der Waals surface area contributed by atoms with Crippen LogP contribution in [0, 0.1) is 0 Å². The van der Waals surface area contributed by atoms with Crippen LogP contribution in [0.2, 0.25) is 0 Å². The van der Waals surface area contributed by atoms with E-state index in [2.05, 4.69) is 15.4 Å². The van der Waals surface area contributed by atoms with E-state index in [0.29, 0.717) is 37.9 Å². The SMILES string of the molecule is CC[C@H](C)NS(=O)(=O)c1ccc(C(=O)N2CCC3(CC2)NC(=O)NC3=O)cc1. The van der Waals surface area contributed by atoms with Gasteiger partial charge in [0.2, 0.25) is 10.0 Å².